The van der Waals surface area contributed by atoms with Crippen molar-refractivity contribution in [3.8, 4) is 5.75 Å². The van der Waals surface area contributed by atoms with Crippen molar-refractivity contribution in [2.24, 2.45) is 0 Å². The Bertz CT molecular complexity index is 1170. The Labute approximate surface area is 203 Å². The average molecular weight is 483 g/mol. The lowest BCUT2D eigenvalue weighted by Gasteiger charge is -2.34. The highest BCUT2D eigenvalue weighted by atomic mass is 35.5. The predicted molar refractivity (Wildman–Crippen MR) is 129 cm³/mol. The summed E-state index contributed by atoms with van der Waals surface area (Å²) in [6, 6.07) is 11.3. The first-order valence-electron chi connectivity index (χ1n) is 11.1. The summed E-state index contributed by atoms with van der Waals surface area (Å²) >= 11 is 6.05. The molecule has 2 saturated heterocycles. The van der Waals surface area contributed by atoms with Crippen LogP contribution in [0.15, 0.2) is 48.8 Å². The van der Waals surface area contributed by atoms with E-state index in [1.165, 1.54) is 28.8 Å². The van der Waals surface area contributed by atoms with E-state index in [1.807, 2.05) is 11.2 Å². The van der Waals surface area contributed by atoms with E-state index in [2.05, 4.69) is 48.2 Å². The summed E-state index contributed by atoms with van der Waals surface area (Å²) in [5.74, 6) is 0.128. The van der Waals surface area contributed by atoms with Crippen molar-refractivity contribution in [3.63, 3.8) is 0 Å². The zero-order valence-corrected chi connectivity index (χ0v) is 20.0. The van der Waals surface area contributed by atoms with Crippen LogP contribution in [0.1, 0.15) is 29.2 Å². The zero-order valence-electron chi connectivity index (χ0n) is 19.2. The van der Waals surface area contributed by atoms with Crippen LogP contribution < -0.4 is 20.9 Å². The number of carbonyl (C=O) groups is 2. The van der Waals surface area contributed by atoms with Gasteiger partial charge in [-0.25, -0.2) is 20.7 Å². The van der Waals surface area contributed by atoms with Crippen molar-refractivity contribution >= 4 is 29.2 Å². The molecule has 0 aliphatic carbocycles. The lowest BCUT2D eigenvalue weighted by Crippen LogP contribution is -2.54. The molecule has 2 aromatic rings. The third kappa shape index (κ3) is 4.06. The number of carbonyl (C=O) groups excluding carboxylic acids is 2. The molecule has 178 valence electrons. The molecule has 0 radical (unpaired) electrons. The number of halogens is 1. The lowest BCUT2D eigenvalue weighted by atomic mass is 9.97. The van der Waals surface area contributed by atoms with Gasteiger partial charge in [-0.3, -0.25) is 9.69 Å². The van der Waals surface area contributed by atoms with Gasteiger partial charge in [-0.2, -0.15) is 0 Å². The van der Waals surface area contributed by atoms with E-state index in [1.54, 1.807) is 29.3 Å². The molecule has 10 heteroatoms. The summed E-state index contributed by atoms with van der Waals surface area (Å²) in [6.07, 6.45) is 4.15. The van der Waals surface area contributed by atoms with Crippen LogP contribution in [0.5, 0.6) is 5.75 Å². The fourth-order valence-corrected chi connectivity index (χ4v) is 4.81. The maximum atomic E-state index is 13.0. The average Bonchev–Trinajstić information content (AvgIpc) is 3.37. The summed E-state index contributed by atoms with van der Waals surface area (Å²) in [5, 5.41) is 6.63. The number of methoxy groups -OCH3 is 1. The van der Waals surface area contributed by atoms with Crippen LogP contribution in [0, 0.1) is 13.8 Å². The normalized spacial score (nSPS) is 23.2. The van der Waals surface area contributed by atoms with Crippen molar-refractivity contribution in [1.82, 2.24) is 25.8 Å². The number of urea groups is 1. The van der Waals surface area contributed by atoms with Gasteiger partial charge in [0.1, 0.15) is 18.5 Å². The molecule has 2 aromatic carbocycles. The molecule has 3 N–H and O–H groups in total. The first-order valence-corrected chi connectivity index (χ1v) is 11.5. The van der Waals surface area contributed by atoms with Gasteiger partial charge in [0.05, 0.1) is 24.9 Å². The molecule has 34 heavy (non-hydrogen) atoms. The third-order valence-corrected chi connectivity index (χ3v) is 6.84. The molecule has 3 aliphatic rings. The largest absolute Gasteiger partial charge is 0.495 e. The highest BCUT2D eigenvalue weighted by Crippen LogP contribution is 2.35. The maximum absolute atomic E-state index is 13.0. The highest BCUT2D eigenvalue weighted by molar-refractivity contribution is 6.31. The van der Waals surface area contributed by atoms with Gasteiger partial charge in [0.15, 0.2) is 0 Å². The number of hydrogen-bond acceptors (Lipinski definition) is 6. The van der Waals surface area contributed by atoms with Crippen LogP contribution in [0.3, 0.4) is 0 Å². The number of amides is 3. The molecule has 3 aliphatic heterocycles. The molecule has 5 rings (SSSR count). The standard InChI is InChI=1S/C24H27ClN6O3/c1-14-4-5-16(10-15(14)2)18-12-20-23-28-31(24(33)29(23)8-9-30(20)27-18)13-22(32)26-19-11-17(25)6-7-21(19)34-3/h4-11,18,20,23,27-28H,12-13H2,1-3H3,(H,26,32). The summed E-state index contributed by atoms with van der Waals surface area (Å²) in [5.41, 5.74) is 10.9. The van der Waals surface area contributed by atoms with Gasteiger partial charge in [0.2, 0.25) is 5.91 Å². The van der Waals surface area contributed by atoms with Crippen molar-refractivity contribution in [2.75, 3.05) is 19.0 Å². The Kier molecular flexibility index (Phi) is 5.85. The van der Waals surface area contributed by atoms with E-state index >= 15 is 0 Å². The smallest absolute Gasteiger partial charge is 0.340 e. The summed E-state index contributed by atoms with van der Waals surface area (Å²) in [4.78, 5) is 27.4. The van der Waals surface area contributed by atoms with Gasteiger partial charge in [0.25, 0.3) is 0 Å². The number of benzene rings is 2. The minimum absolute atomic E-state index is 0.0154. The molecular formula is C24H27ClN6O3. The number of nitrogens with one attached hydrogen (secondary N) is 3. The number of hydrazine groups is 2. The molecule has 0 aromatic heterocycles. The topological polar surface area (TPSA) is 89.2 Å². The Morgan fingerprint density at radius 2 is 1.97 bits per heavy atom. The van der Waals surface area contributed by atoms with E-state index in [-0.39, 0.29) is 36.7 Å². The second-order valence-corrected chi connectivity index (χ2v) is 9.21. The molecule has 0 bridgehead atoms. The Morgan fingerprint density at radius 3 is 2.74 bits per heavy atom. The number of aryl methyl sites for hydroxylation is 2. The van der Waals surface area contributed by atoms with Crippen LogP contribution in [0.4, 0.5) is 10.5 Å². The molecule has 3 heterocycles. The van der Waals surface area contributed by atoms with Crippen LogP contribution in [0.25, 0.3) is 0 Å². The number of ether oxygens (including phenoxy) is 1. The van der Waals surface area contributed by atoms with Crippen LogP contribution in [0.2, 0.25) is 5.02 Å². The maximum Gasteiger partial charge on any atom is 0.340 e. The second kappa shape index (κ2) is 8.83. The van der Waals surface area contributed by atoms with Crippen LogP contribution >= 0.6 is 11.6 Å². The highest BCUT2D eigenvalue weighted by Gasteiger charge is 2.48. The SMILES string of the molecule is COc1ccc(Cl)cc1NC(=O)CN1NC2C3CC(c4ccc(C)c(C)c4)NN3C=CN2C1=O. The van der Waals surface area contributed by atoms with Gasteiger partial charge < -0.3 is 15.1 Å². The first-order chi connectivity index (χ1) is 16.3. The minimum Gasteiger partial charge on any atom is -0.495 e. The van der Waals surface area contributed by atoms with Crippen molar-refractivity contribution in [1.29, 1.82) is 0 Å². The second-order valence-electron chi connectivity index (χ2n) is 8.78. The van der Waals surface area contributed by atoms with Crippen LogP contribution in [-0.4, -0.2) is 52.7 Å². The third-order valence-electron chi connectivity index (χ3n) is 6.60. The van der Waals surface area contributed by atoms with E-state index in [4.69, 9.17) is 16.3 Å². The van der Waals surface area contributed by atoms with E-state index in [9.17, 15) is 9.59 Å². The fraction of sp³-hybridized carbons (Fsp3) is 0.333. The van der Waals surface area contributed by atoms with Gasteiger partial charge in [-0.1, -0.05) is 29.8 Å². The van der Waals surface area contributed by atoms with Crippen LogP contribution in [-0.2, 0) is 4.79 Å². The number of fused-ring (bicyclic) bond motifs is 3. The van der Waals surface area contributed by atoms with Gasteiger partial charge in [0, 0.05) is 17.4 Å². The van der Waals surface area contributed by atoms with Gasteiger partial charge in [-0.05, 0) is 55.2 Å². The molecular weight excluding hydrogens is 456 g/mol. The number of nitrogens with zero attached hydrogens (tertiary/aromatic N) is 3. The molecule has 0 saturated carbocycles. The van der Waals surface area contributed by atoms with Crippen molar-refractivity contribution in [3.05, 3.63) is 70.5 Å². The molecule has 3 unspecified atom stereocenters. The summed E-state index contributed by atoms with van der Waals surface area (Å²) < 4.78 is 5.28. The molecule has 0 spiro atoms. The predicted octanol–water partition coefficient (Wildman–Crippen LogP) is 3.28. The molecule has 3 amide bonds. The fourth-order valence-electron chi connectivity index (χ4n) is 4.64. The quantitative estimate of drug-likeness (QED) is 0.606. The molecule has 2 fully saturated rings. The Hall–Kier alpha value is -3.27. The molecule has 9 nitrogen and oxygen atoms in total. The number of anilines is 1. The van der Waals surface area contributed by atoms with E-state index in [0.29, 0.717) is 16.5 Å². The zero-order chi connectivity index (χ0) is 24.0. The number of hydrogen-bond donors (Lipinski definition) is 3. The van der Waals surface area contributed by atoms with E-state index in [0.717, 1.165) is 6.42 Å². The van der Waals surface area contributed by atoms with Crippen molar-refractivity contribution < 1.29 is 14.3 Å². The number of rotatable bonds is 5. The molecule has 3 atom stereocenters. The summed E-state index contributed by atoms with van der Waals surface area (Å²) in [7, 11) is 1.52. The van der Waals surface area contributed by atoms with E-state index < -0.39 is 0 Å². The van der Waals surface area contributed by atoms with Gasteiger partial charge >= 0.3 is 6.03 Å². The minimum atomic E-state index is -0.361. The lowest BCUT2D eigenvalue weighted by molar-refractivity contribution is -0.117. The van der Waals surface area contributed by atoms with Gasteiger partial charge in [-0.15, -0.1) is 0 Å². The Balaban J connectivity index is 1.26. The summed E-state index contributed by atoms with van der Waals surface area (Å²) in [6.45, 7) is 4.06. The van der Waals surface area contributed by atoms with Crippen molar-refractivity contribution in [2.45, 2.75) is 38.5 Å². The first kappa shape index (κ1) is 22.5. The Morgan fingerprint density at radius 1 is 1.15 bits per heavy atom. The monoisotopic (exact) mass is 482 g/mol.